The van der Waals surface area contributed by atoms with Gasteiger partial charge < -0.3 is 4.90 Å². The molecule has 1 nitrogen and oxygen atoms in total. The van der Waals surface area contributed by atoms with Crippen molar-refractivity contribution in [3.8, 4) is 0 Å². The molecule has 0 aromatic rings. The Bertz CT molecular complexity index is 93.6. The maximum Gasteiger partial charge on any atom is 0.100 e. The topological polar surface area (TPSA) is 3.24 Å². The summed E-state index contributed by atoms with van der Waals surface area (Å²) in [4.78, 5) is 2.10. The first-order valence-electron chi connectivity index (χ1n) is 4.35. The van der Waals surface area contributed by atoms with E-state index < -0.39 is 6.17 Å². The minimum absolute atomic E-state index is 0.472. The van der Waals surface area contributed by atoms with Crippen LogP contribution in [0.4, 0.5) is 4.39 Å². The molecule has 68 valence electrons. The van der Waals surface area contributed by atoms with Gasteiger partial charge in [-0.15, -0.1) is 0 Å². The second kappa shape index (κ2) is 5.53. The average molecular weight is 161 g/mol. The smallest absolute Gasteiger partial charge is 0.100 e. The molecule has 0 saturated carbocycles. The van der Waals surface area contributed by atoms with Gasteiger partial charge in [0.2, 0.25) is 0 Å². The van der Waals surface area contributed by atoms with Crippen molar-refractivity contribution in [2.45, 2.75) is 32.9 Å². The van der Waals surface area contributed by atoms with Crippen molar-refractivity contribution in [1.82, 2.24) is 4.90 Å². The fourth-order valence-corrected chi connectivity index (χ4v) is 1.30. The Morgan fingerprint density at radius 1 is 1.36 bits per heavy atom. The van der Waals surface area contributed by atoms with Crippen molar-refractivity contribution in [3.05, 3.63) is 0 Å². The highest BCUT2D eigenvalue weighted by Gasteiger charge is 2.10. The average Bonchev–Trinajstić information content (AvgIpc) is 1.85. The van der Waals surface area contributed by atoms with E-state index >= 15 is 0 Å². The molecule has 0 aliphatic carbocycles. The van der Waals surface area contributed by atoms with Gasteiger partial charge in [-0.05, 0) is 32.9 Å². The summed E-state index contributed by atoms with van der Waals surface area (Å²) >= 11 is 0. The van der Waals surface area contributed by atoms with Crippen LogP contribution in [0.2, 0.25) is 0 Å². The Morgan fingerprint density at radius 2 is 1.91 bits per heavy atom. The van der Waals surface area contributed by atoms with Gasteiger partial charge in [0.05, 0.1) is 0 Å². The molecule has 2 unspecified atom stereocenters. The molecule has 0 fully saturated rings. The maximum absolute atomic E-state index is 12.8. The molecular formula is C9H20FN. The largest absolute Gasteiger partial charge is 0.309 e. The third-order valence-corrected chi connectivity index (χ3v) is 1.78. The molecule has 0 aliphatic heterocycles. The first-order chi connectivity index (χ1) is 5.06. The van der Waals surface area contributed by atoms with Crippen LogP contribution in [0.25, 0.3) is 0 Å². The van der Waals surface area contributed by atoms with E-state index in [0.717, 1.165) is 6.54 Å². The summed E-state index contributed by atoms with van der Waals surface area (Å²) in [7, 11) is 4.05. The molecule has 0 radical (unpaired) electrons. The second-order valence-corrected chi connectivity index (χ2v) is 3.61. The molecule has 0 spiro atoms. The van der Waals surface area contributed by atoms with Gasteiger partial charge >= 0.3 is 0 Å². The molecule has 0 heterocycles. The molecule has 0 aromatic carbocycles. The Hall–Kier alpha value is -0.110. The molecule has 0 aromatic heterocycles. The van der Waals surface area contributed by atoms with Crippen LogP contribution in [0.3, 0.4) is 0 Å². The SMILES string of the molecule is CCC(F)CC(C)CN(C)C. The van der Waals surface area contributed by atoms with Crippen LogP contribution in [-0.4, -0.2) is 31.7 Å². The minimum Gasteiger partial charge on any atom is -0.309 e. The van der Waals surface area contributed by atoms with Crippen molar-refractivity contribution in [2.24, 2.45) is 5.92 Å². The van der Waals surface area contributed by atoms with E-state index in [4.69, 9.17) is 0 Å². The van der Waals surface area contributed by atoms with Crippen molar-refractivity contribution in [3.63, 3.8) is 0 Å². The van der Waals surface area contributed by atoms with Gasteiger partial charge in [0, 0.05) is 6.54 Å². The number of rotatable bonds is 5. The number of nitrogens with zero attached hydrogens (tertiary/aromatic N) is 1. The van der Waals surface area contributed by atoms with Crippen molar-refractivity contribution in [1.29, 1.82) is 0 Å². The van der Waals surface area contributed by atoms with Crippen LogP contribution in [0.15, 0.2) is 0 Å². The highest BCUT2D eigenvalue weighted by molar-refractivity contribution is 4.62. The third kappa shape index (κ3) is 6.29. The molecule has 0 amide bonds. The highest BCUT2D eigenvalue weighted by atomic mass is 19.1. The normalized spacial score (nSPS) is 16.9. The van der Waals surface area contributed by atoms with Crippen LogP contribution >= 0.6 is 0 Å². The molecule has 2 atom stereocenters. The van der Waals surface area contributed by atoms with Gasteiger partial charge in [-0.2, -0.15) is 0 Å². The monoisotopic (exact) mass is 161 g/mol. The van der Waals surface area contributed by atoms with E-state index in [1.54, 1.807) is 0 Å². The lowest BCUT2D eigenvalue weighted by molar-refractivity contribution is 0.236. The molecule has 11 heavy (non-hydrogen) atoms. The molecule has 0 saturated heterocycles. The molecule has 0 N–H and O–H groups in total. The van der Waals surface area contributed by atoms with Crippen molar-refractivity contribution in [2.75, 3.05) is 20.6 Å². The molecule has 0 aliphatic rings. The van der Waals surface area contributed by atoms with Gasteiger partial charge in [-0.1, -0.05) is 13.8 Å². The highest BCUT2D eigenvalue weighted by Crippen LogP contribution is 2.11. The lowest BCUT2D eigenvalue weighted by atomic mass is 10.0. The van der Waals surface area contributed by atoms with Crippen LogP contribution in [0.5, 0.6) is 0 Å². The van der Waals surface area contributed by atoms with E-state index in [2.05, 4.69) is 11.8 Å². The predicted octanol–water partition coefficient (Wildman–Crippen LogP) is 2.32. The summed E-state index contributed by atoms with van der Waals surface area (Å²) in [5, 5.41) is 0. The Morgan fingerprint density at radius 3 is 2.27 bits per heavy atom. The zero-order valence-electron chi connectivity index (χ0n) is 8.10. The lowest BCUT2D eigenvalue weighted by Crippen LogP contribution is -2.21. The number of halogens is 1. The summed E-state index contributed by atoms with van der Waals surface area (Å²) < 4.78 is 12.8. The molecule has 0 bridgehead atoms. The Labute approximate surface area is 69.6 Å². The number of hydrogen-bond acceptors (Lipinski definition) is 1. The third-order valence-electron chi connectivity index (χ3n) is 1.78. The van der Waals surface area contributed by atoms with Crippen LogP contribution in [0.1, 0.15) is 26.7 Å². The quantitative estimate of drug-likeness (QED) is 0.598. The van der Waals surface area contributed by atoms with E-state index in [9.17, 15) is 4.39 Å². The van der Waals surface area contributed by atoms with Gasteiger partial charge in [-0.25, -0.2) is 4.39 Å². The van der Waals surface area contributed by atoms with Crippen LogP contribution in [-0.2, 0) is 0 Å². The van der Waals surface area contributed by atoms with Crippen molar-refractivity contribution < 1.29 is 4.39 Å². The minimum atomic E-state index is -0.607. The van der Waals surface area contributed by atoms with Gasteiger partial charge in [0.1, 0.15) is 6.17 Å². The zero-order chi connectivity index (χ0) is 8.85. The van der Waals surface area contributed by atoms with E-state index in [-0.39, 0.29) is 0 Å². The Balaban J connectivity index is 3.43. The fourth-order valence-electron chi connectivity index (χ4n) is 1.30. The summed E-state index contributed by atoms with van der Waals surface area (Å²) in [6.45, 7) is 4.98. The summed E-state index contributed by atoms with van der Waals surface area (Å²) in [5.74, 6) is 0.472. The molecule has 2 heteroatoms. The van der Waals surface area contributed by atoms with E-state index in [1.807, 2.05) is 21.0 Å². The van der Waals surface area contributed by atoms with Crippen molar-refractivity contribution >= 4 is 0 Å². The molecule has 0 rings (SSSR count). The van der Waals surface area contributed by atoms with Gasteiger partial charge in [0.25, 0.3) is 0 Å². The molecular weight excluding hydrogens is 141 g/mol. The van der Waals surface area contributed by atoms with Gasteiger partial charge in [0.15, 0.2) is 0 Å². The van der Waals surface area contributed by atoms with Crippen LogP contribution in [0, 0.1) is 5.92 Å². The zero-order valence-corrected chi connectivity index (χ0v) is 8.10. The number of hydrogen-bond donors (Lipinski definition) is 0. The number of alkyl halides is 1. The standard InChI is InChI=1S/C9H20FN/c1-5-9(10)6-8(2)7-11(3)4/h8-9H,5-7H2,1-4H3. The summed E-state index contributed by atoms with van der Waals surface area (Å²) in [6.07, 6.45) is 0.747. The fraction of sp³-hybridized carbons (Fsp3) is 1.00. The Kier molecular flexibility index (Phi) is 5.47. The summed E-state index contributed by atoms with van der Waals surface area (Å²) in [5.41, 5.74) is 0. The lowest BCUT2D eigenvalue weighted by Gasteiger charge is -2.17. The summed E-state index contributed by atoms with van der Waals surface area (Å²) in [6, 6.07) is 0. The first-order valence-corrected chi connectivity index (χ1v) is 4.35. The first kappa shape index (κ1) is 10.9. The second-order valence-electron chi connectivity index (χ2n) is 3.61. The van der Waals surface area contributed by atoms with E-state index in [0.29, 0.717) is 18.8 Å². The maximum atomic E-state index is 12.8. The predicted molar refractivity (Wildman–Crippen MR) is 47.5 cm³/mol. The van der Waals surface area contributed by atoms with E-state index in [1.165, 1.54) is 0 Å². The van der Waals surface area contributed by atoms with Gasteiger partial charge in [-0.3, -0.25) is 0 Å². The van der Waals surface area contributed by atoms with Crippen LogP contribution < -0.4 is 0 Å².